The molecule has 0 unspecified atom stereocenters. The second-order valence-corrected chi connectivity index (χ2v) is 5.83. The molecule has 1 heterocycles. The summed E-state index contributed by atoms with van der Waals surface area (Å²) in [4.78, 5) is 2.33. The lowest BCUT2D eigenvalue weighted by molar-refractivity contribution is -0.0160. The minimum absolute atomic E-state index is 0.173. The molecule has 2 aromatic rings. The van der Waals surface area contributed by atoms with Gasteiger partial charge in [0.15, 0.2) is 0 Å². The van der Waals surface area contributed by atoms with Crippen LogP contribution in [0.4, 0.5) is 0 Å². The topological polar surface area (TPSA) is 23.5 Å². The molecule has 20 heavy (non-hydrogen) atoms. The largest absolute Gasteiger partial charge is 0.390 e. The molecule has 1 fully saturated rings. The molecular formula is C18H21NO. The van der Waals surface area contributed by atoms with Crippen molar-refractivity contribution in [2.75, 3.05) is 13.1 Å². The monoisotopic (exact) mass is 267 g/mol. The second kappa shape index (κ2) is 5.39. The van der Waals surface area contributed by atoms with Crippen molar-refractivity contribution in [1.82, 2.24) is 4.90 Å². The van der Waals surface area contributed by atoms with Crippen molar-refractivity contribution in [1.29, 1.82) is 0 Å². The van der Waals surface area contributed by atoms with Crippen LogP contribution in [-0.4, -0.2) is 29.2 Å². The number of rotatable bonds is 3. The van der Waals surface area contributed by atoms with Gasteiger partial charge in [0.1, 0.15) is 0 Å². The summed E-state index contributed by atoms with van der Waals surface area (Å²) in [7, 11) is 0. The molecule has 0 atom stereocenters. The Morgan fingerprint density at radius 3 is 1.60 bits per heavy atom. The zero-order valence-electron chi connectivity index (χ0n) is 12.1. The quantitative estimate of drug-likeness (QED) is 0.924. The highest BCUT2D eigenvalue weighted by atomic mass is 16.3. The number of aryl methyl sites for hydroxylation is 2. The van der Waals surface area contributed by atoms with E-state index < -0.39 is 0 Å². The normalized spacial score (nSPS) is 16.4. The van der Waals surface area contributed by atoms with Gasteiger partial charge < -0.3 is 5.11 Å². The molecule has 2 aromatic carbocycles. The Kier molecular flexibility index (Phi) is 3.60. The van der Waals surface area contributed by atoms with Crippen LogP contribution in [0.15, 0.2) is 48.5 Å². The fourth-order valence-electron chi connectivity index (χ4n) is 2.81. The third kappa shape index (κ3) is 2.62. The third-order valence-corrected chi connectivity index (χ3v) is 4.04. The van der Waals surface area contributed by atoms with Gasteiger partial charge in [0.25, 0.3) is 0 Å². The maximum Gasteiger partial charge on any atom is 0.0794 e. The summed E-state index contributed by atoms with van der Waals surface area (Å²) < 4.78 is 0. The van der Waals surface area contributed by atoms with Crippen molar-refractivity contribution in [3.63, 3.8) is 0 Å². The van der Waals surface area contributed by atoms with Crippen LogP contribution in [0.5, 0.6) is 0 Å². The fourth-order valence-corrected chi connectivity index (χ4v) is 2.81. The van der Waals surface area contributed by atoms with Crippen LogP contribution < -0.4 is 0 Å². The zero-order valence-corrected chi connectivity index (χ0v) is 12.1. The van der Waals surface area contributed by atoms with Crippen LogP contribution >= 0.6 is 0 Å². The first-order chi connectivity index (χ1) is 9.63. The number of aliphatic hydroxyl groups is 1. The van der Waals surface area contributed by atoms with Crippen molar-refractivity contribution in [3.05, 3.63) is 70.8 Å². The van der Waals surface area contributed by atoms with Gasteiger partial charge >= 0.3 is 0 Å². The van der Waals surface area contributed by atoms with Gasteiger partial charge in [-0.1, -0.05) is 59.7 Å². The number of hydrogen-bond acceptors (Lipinski definition) is 2. The summed E-state index contributed by atoms with van der Waals surface area (Å²) in [5.41, 5.74) is 5.15. The van der Waals surface area contributed by atoms with Crippen LogP contribution in [0.3, 0.4) is 0 Å². The van der Waals surface area contributed by atoms with Crippen LogP contribution in [-0.2, 0) is 0 Å². The standard InChI is InChI=1S/C18H21NO/c1-13-3-7-15(8-4-13)18(19-11-17(20)12-19)16-9-5-14(2)6-10-16/h3-10,17-18,20H,11-12H2,1-2H3. The highest BCUT2D eigenvalue weighted by molar-refractivity contribution is 5.35. The Labute approximate surface area is 120 Å². The molecule has 0 amide bonds. The molecule has 1 N–H and O–H groups in total. The number of nitrogens with zero attached hydrogens (tertiary/aromatic N) is 1. The predicted molar refractivity (Wildman–Crippen MR) is 81.8 cm³/mol. The van der Waals surface area contributed by atoms with Gasteiger partial charge in [0, 0.05) is 13.1 Å². The molecule has 1 aliphatic heterocycles. The van der Waals surface area contributed by atoms with Crippen LogP contribution in [0.2, 0.25) is 0 Å². The van der Waals surface area contributed by atoms with Crippen LogP contribution in [0.25, 0.3) is 0 Å². The number of aliphatic hydroxyl groups excluding tert-OH is 1. The third-order valence-electron chi connectivity index (χ3n) is 4.04. The minimum atomic E-state index is -0.173. The molecule has 3 rings (SSSR count). The van der Waals surface area contributed by atoms with E-state index in [0.717, 1.165) is 13.1 Å². The molecule has 0 radical (unpaired) electrons. The Hall–Kier alpha value is -1.64. The predicted octanol–water partition coefficient (Wildman–Crippen LogP) is 3.07. The van der Waals surface area contributed by atoms with E-state index in [1.807, 2.05) is 0 Å². The summed E-state index contributed by atoms with van der Waals surface area (Å²) in [6, 6.07) is 17.7. The number of hydrogen-bond donors (Lipinski definition) is 1. The minimum Gasteiger partial charge on any atom is -0.390 e. The van der Waals surface area contributed by atoms with Gasteiger partial charge in [-0.15, -0.1) is 0 Å². The average molecular weight is 267 g/mol. The van der Waals surface area contributed by atoms with E-state index in [9.17, 15) is 5.11 Å². The Balaban J connectivity index is 1.95. The molecular weight excluding hydrogens is 246 g/mol. The molecule has 2 nitrogen and oxygen atoms in total. The highest BCUT2D eigenvalue weighted by Gasteiger charge is 2.32. The van der Waals surface area contributed by atoms with Crippen molar-refractivity contribution in [2.24, 2.45) is 0 Å². The van der Waals surface area contributed by atoms with Gasteiger partial charge in [-0.25, -0.2) is 0 Å². The summed E-state index contributed by atoms with van der Waals surface area (Å²) in [5.74, 6) is 0. The van der Waals surface area contributed by atoms with E-state index in [2.05, 4.69) is 67.3 Å². The molecule has 104 valence electrons. The first-order valence-electron chi connectivity index (χ1n) is 7.19. The first kappa shape index (κ1) is 13.3. The molecule has 0 aliphatic carbocycles. The summed E-state index contributed by atoms with van der Waals surface area (Å²) in [5, 5.41) is 9.61. The van der Waals surface area contributed by atoms with E-state index in [4.69, 9.17) is 0 Å². The summed E-state index contributed by atoms with van der Waals surface area (Å²) >= 11 is 0. The maximum atomic E-state index is 9.61. The lowest BCUT2D eigenvalue weighted by atomic mass is 9.93. The molecule has 0 spiro atoms. The van der Waals surface area contributed by atoms with Gasteiger partial charge in [0.05, 0.1) is 12.1 Å². The van der Waals surface area contributed by atoms with E-state index in [1.54, 1.807) is 0 Å². The Morgan fingerprint density at radius 1 is 0.850 bits per heavy atom. The summed E-state index contributed by atoms with van der Waals surface area (Å²) in [6.45, 7) is 5.73. The van der Waals surface area contributed by atoms with Crippen molar-refractivity contribution < 1.29 is 5.11 Å². The molecule has 0 saturated carbocycles. The second-order valence-electron chi connectivity index (χ2n) is 5.83. The fraction of sp³-hybridized carbons (Fsp3) is 0.333. The number of benzene rings is 2. The van der Waals surface area contributed by atoms with Crippen LogP contribution in [0, 0.1) is 13.8 Å². The van der Waals surface area contributed by atoms with E-state index in [-0.39, 0.29) is 12.1 Å². The van der Waals surface area contributed by atoms with Gasteiger partial charge in [-0.2, -0.15) is 0 Å². The molecule has 0 bridgehead atoms. The van der Waals surface area contributed by atoms with Gasteiger partial charge in [-0.3, -0.25) is 4.90 Å². The van der Waals surface area contributed by atoms with E-state index in [0.29, 0.717) is 0 Å². The smallest absolute Gasteiger partial charge is 0.0794 e. The first-order valence-corrected chi connectivity index (χ1v) is 7.19. The highest BCUT2D eigenvalue weighted by Crippen LogP contribution is 2.32. The number of likely N-dealkylation sites (tertiary alicyclic amines) is 1. The Bertz CT molecular complexity index is 522. The van der Waals surface area contributed by atoms with Gasteiger partial charge in [-0.05, 0) is 25.0 Å². The summed E-state index contributed by atoms with van der Waals surface area (Å²) in [6.07, 6.45) is -0.173. The maximum absolute atomic E-state index is 9.61. The van der Waals surface area contributed by atoms with Crippen molar-refractivity contribution in [3.8, 4) is 0 Å². The molecule has 1 aliphatic rings. The zero-order chi connectivity index (χ0) is 14.1. The van der Waals surface area contributed by atoms with Crippen molar-refractivity contribution in [2.45, 2.75) is 26.0 Å². The lowest BCUT2D eigenvalue weighted by Crippen LogP contribution is -2.52. The Morgan fingerprint density at radius 2 is 1.25 bits per heavy atom. The van der Waals surface area contributed by atoms with E-state index in [1.165, 1.54) is 22.3 Å². The average Bonchev–Trinajstić information content (AvgIpc) is 2.41. The van der Waals surface area contributed by atoms with Crippen LogP contribution in [0.1, 0.15) is 28.3 Å². The molecule has 1 saturated heterocycles. The SMILES string of the molecule is Cc1ccc(C(c2ccc(C)cc2)N2CC(O)C2)cc1. The lowest BCUT2D eigenvalue weighted by Gasteiger charge is -2.42. The number of β-amino-alcohol motifs (C(OH)–C–C–N with tert-alkyl or cyclic N) is 1. The van der Waals surface area contributed by atoms with Gasteiger partial charge in [0.2, 0.25) is 0 Å². The van der Waals surface area contributed by atoms with E-state index >= 15 is 0 Å². The molecule has 0 aromatic heterocycles. The van der Waals surface area contributed by atoms with Crippen molar-refractivity contribution >= 4 is 0 Å². The molecule has 2 heteroatoms.